The average Bonchev–Trinajstić information content (AvgIpc) is 3.40. The van der Waals surface area contributed by atoms with Crippen LogP contribution in [0.2, 0.25) is 5.02 Å². The summed E-state index contributed by atoms with van der Waals surface area (Å²) < 4.78 is 29.1. The quantitative estimate of drug-likeness (QED) is 0.386. The molecular formula is C23H24ClN5O3S2. The number of hydrogen-bond donors (Lipinski definition) is 1. The number of rotatable bonds is 6. The summed E-state index contributed by atoms with van der Waals surface area (Å²) in [5, 5.41) is 8.53. The van der Waals surface area contributed by atoms with Crippen molar-refractivity contribution in [3.05, 3.63) is 64.3 Å². The zero-order valence-corrected chi connectivity index (χ0v) is 21.7. The van der Waals surface area contributed by atoms with Gasteiger partial charge in [-0.05, 0) is 63.6 Å². The van der Waals surface area contributed by atoms with Gasteiger partial charge < -0.3 is 5.32 Å². The van der Waals surface area contributed by atoms with Crippen molar-refractivity contribution < 1.29 is 13.2 Å². The molecule has 0 aliphatic rings. The first-order valence-corrected chi connectivity index (χ1v) is 13.1. The Labute approximate surface area is 207 Å². The van der Waals surface area contributed by atoms with Gasteiger partial charge in [-0.15, -0.1) is 0 Å². The molecule has 2 aromatic heterocycles. The highest BCUT2D eigenvalue weighted by Gasteiger charge is 2.23. The third kappa shape index (κ3) is 4.46. The number of carbonyl (C=O) groups is 1. The van der Waals surface area contributed by atoms with Gasteiger partial charge in [0.15, 0.2) is 0 Å². The molecule has 0 bridgehead atoms. The minimum atomic E-state index is -3.63. The van der Waals surface area contributed by atoms with E-state index in [1.165, 1.54) is 47.0 Å². The molecular weight excluding hydrogens is 494 g/mol. The maximum atomic E-state index is 12.9. The minimum absolute atomic E-state index is 0.128. The van der Waals surface area contributed by atoms with E-state index in [-0.39, 0.29) is 10.9 Å². The molecule has 4 rings (SSSR count). The molecule has 178 valence electrons. The van der Waals surface area contributed by atoms with E-state index in [1.54, 1.807) is 24.6 Å². The lowest BCUT2D eigenvalue weighted by Gasteiger charge is -2.21. The Hall–Kier alpha value is -2.79. The van der Waals surface area contributed by atoms with Crippen LogP contribution in [0, 0.1) is 13.8 Å². The monoisotopic (exact) mass is 517 g/mol. The molecule has 8 nitrogen and oxygen atoms in total. The van der Waals surface area contributed by atoms with Gasteiger partial charge in [-0.2, -0.15) is 14.1 Å². The Morgan fingerprint density at radius 1 is 1.15 bits per heavy atom. The second-order valence-electron chi connectivity index (χ2n) is 8.21. The van der Waals surface area contributed by atoms with E-state index in [4.69, 9.17) is 11.6 Å². The summed E-state index contributed by atoms with van der Waals surface area (Å²) in [5.41, 5.74) is 2.81. The molecule has 11 heteroatoms. The predicted octanol–water partition coefficient (Wildman–Crippen LogP) is 5.03. The average molecular weight is 518 g/mol. The van der Waals surface area contributed by atoms with Crippen LogP contribution in [-0.4, -0.2) is 46.5 Å². The zero-order valence-electron chi connectivity index (χ0n) is 19.3. The number of nitrogens with one attached hydrogen (secondary N) is 1. The molecule has 0 saturated heterocycles. The summed E-state index contributed by atoms with van der Waals surface area (Å²) in [6.45, 7) is 7.38. The normalized spacial score (nSPS) is 12.1. The summed E-state index contributed by atoms with van der Waals surface area (Å²) in [6.07, 6.45) is 0. The van der Waals surface area contributed by atoms with Gasteiger partial charge in [0.05, 0.1) is 25.8 Å². The molecule has 0 unspecified atom stereocenters. The molecule has 0 fully saturated rings. The highest BCUT2D eigenvalue weighted by Crippen LogP contribution is 2.34. The number of amides is 1. The van der Waals surface area contributed by atoms with Gasteiger partial charge in [-0.1, -0.05) is 29.0 Å². The van der Waals surface area contributed by atoms with Gasteiger partial charge in [0.2, 0.25) is 15.2 Å². The van der Waals surface area contributed by atoms with E-state index in [9.17, 15) is 13.2 Å². The highest BCUT2D eigenvalue weighted by molar-refractivity contribution is 7.89. The third-order valence-electron chi connectivity index (χ3n) is 5.46. The van der Waals surface area contributed by atoms with Crippen molar-refractivity contribution in [2.75, 3.05) is 12.4 Å². The molecule has 34 heavy (non-hydrogen) atoms. The van der Waals surface area contributed by atoms with Crippen LogP contribution in [-0.2, 0) is 10.0 Å². The van der Waals surface area contributed by atoms with E-state index < -0.39 is 15.9 Å². The molecule has 0 radical (unpaired) electrons. The number of aromatic nitrogens is 3. The standard InChI is InChI=1S/C23H24ClN5O3S2/c1-13(2)28(5)34(31,32)17-9-7-16(8-10-17)22(30)25-19-12-15(4)27-29(19)23-26-20-14(3)6-11-18(24)21(20)33-23/h6-13H,1-5H3,(H,25,30). The number of halogens is 1. The first-order chi connectivity index (χ1) is 16.0. The second-order valence-corrected chi connectivity index (χ2v) is 11.6. The molecule has 0 atom stereocenters. The number of fused-ring (bicyclic) bond motifs is 1. The van der Waals surface area contributed by atoms with Crippen LogP contribution in [0.25, 0.3) is 15.3 Å². The summed E-state index contributed by atoms with van der Waals surface area (Å²) >= 11 is 7.73. The largest absolute Gasteiger partial charge is 0.306 e. The van der Waals surface area contributed by atoms with Crippen molar-refractivity contribution in [2.24, 2.45) is 0 Å². The number of hydrogen-bond acceptors (Lipinski definition) is 6. The predicted molar refractivity (Wildman–Crippen MR) is 136 cm³/mol. The summed E-state index contributed by atoms with van der Waals surface area (Å²) in [6, 6.07) is 11.2. The van der Waals surface area contributed by atoms with Gasteiger partial charge in [0.25, 0.3) is 5.91 Å². The van der Waals surface area contributed by atoms with Gasteiger partial charge in [-0.25, -0.2) is 13.4 Å². The molecule has 2 heterocycles. The number of anilines is 1. The van der Waals surface area contributed by atoms with Crippen molar-refractivity contribution >= 4 is 54.9 Å². The lowest BCUT2D eigenvalue weighted by atomic mass is 10.2. The molecule has 1 amide bonds. The molecule has 4 aromatic rings. The highest BCUT2D eigenvalue weighted by atomic mass is 35.5. The number of benzene rings is 2. The van der Waals surface area contributed by atoms with Crippen LogP contribution in [0.4, 0.5) is 5.82 Å². The Balaban J connectivity index is 1.62. The minimum Gasteiger partial charge on any atom is -0.306 e. The number of aryl methyl sites for hydroxylation is 2. The van der Waals surface area contributed by atoms with E-state index in [0.717, 1.165) is 15.8 Å². The van der Waals surface area contributed by atoms with Crippen molar-refractivity contribution in [1.29, 1.82) is 0 Å². The van der Waals surface area contributed by atoms with Crippen molar-refractivity contribution in [2.45, 2.75) is 38.6 Å². The van der Waals surface area contributed by atoms with Crippen LogP contribution in [0.3, 0.4) is 0 Å². The number of sulfonamides is 1. The molecule has 0 saturated carbocycles. The van der Waals surface area contributed by atoms with Crippen molar-refractivity contribution in [3.8, 4) is 5.13 Å². The molecule has 0 aliphatic carbocycles. The Morgan fingerprint density at radius 3 is 2.44 bits per heavy atom. The maximum absolute atomic E-state index is 12.9. The number of thiazole rings is 1. The first-order valence-electron chi connectivity index (χ1n) is 10.5. The van der Waals surface area contributed by atoms with Crippen molar-refractivity contribution in [3.63, 3.8) is 0 Å². The number of nitrogens with zero attached hydrogens (tertiary/aromatic N) is 4. The maximum Gasteiger partial charge on any atom is 0.256 e. The first kappa shape index (κ1) is 24.3. The zero-order chi connectivity index (χ0) is 24.8. The fourth-order valence-electron chi connectivity index (χ4n) is 3.33. The number of carbonyl (C=O) groups excluding carboxylic acids is 1. The van der Waals surface area contributed by atoms with Crippen LogP contribution >= 0.6 is 22.9 Å². The summed E-state index contributed by atoms with van der Waals surface area (Å²) in [4.78, 5) is 17.7. The van der Waals surface area contributed by atoms with E-state index in [2.05, 4.69) is 15.4 Å². The van der Waals surface area contributed by atoms with Crippen LogP contribution in [0.5, 0.6) is 0 Å². The van der Waals surface area contributed by atoms with Gasteiger partial charge in [-0.3, -0.25) is 4.79 Å². The Bertz CT molecular complexity index is 1450. The van der Waals surface area contributed by atoms with Gasteiger partial charge in [0.1, 0.15) is 5.82 Å². The van der Waals surface area contributed by atoms with Gasteiger partial charge >= 0.3 is 0 Å². The molecule has 2 aromatic carbocycles. The smallest absolute Gasteiger partial charge is 0.256 e. The van der Waals surface area contributed by atoms with Crippen molar-refractivity contribution in [1.82, 2.24) is 19.1 Å². The molecule has 0 spiro atoms. The van der Waals surface area contributed by atoms with Crippen LogP contribution < -0.4 is 5.32 Å². The van der Waals surface area contributed by atoms with E-state index in [1.807, 2.05) is 26.0 Å². The molecule has 0 aliphatic heterocycles. The Morgan fingerprint density at radius 2 is 1.82 bits per heavy atom. The lowest BCUT2D eigenvalue weighted by molar-refractivity contribution is 0.102. The van der Waals surface area contributed by atoms with Gasteiger partial charge in [0, 0.05) is 24.7 Å². The summed E-state index contributed by atoms with van der Waals surface area (Å²) in [5.74, 6) is 0.0595. The molecule has 1 N–H and O–H groups in total. The topological polar surface area (TPSA) is 97.2 Å². The van der Waals surface area contributed by atoms with Crippen LogP contribution in [0.15, 0.2) is 47.4 Å². The fraction of sp³-hybridized carbons (Fsp3) is 0.261. The Kier molecular flexibility index (Phi) is 6.52. The van der Waals surface area contributed by atoms with E-state index >= 15 is 0 Å². The van der Waals surface area contributed by atoms with E-state index in [0.29, 0.717) is 27.2 Å². The lowest BCUT2D eigenvalue weighted by Crippen LogP contribution is -2.33. The SMILES string of the molecule is Cc1cc(NC(=O)c2ccc(S(=O)(=O)N(C)C(C)C)cc2)n(-c2nc3c(C)ccc(Cl)c3s2)n1. The third-order valence-corrected chi connectivity index (χ3v) is 9.00. The van der Waals surface area contributed by atoms with Crippen LogP contribution in [0.1, 0.15) is 35.5 Å². The second kappa shape index (κ2) is 9.10. The fourth-order valence-corrected chi connectivity index (χ4v) is 5.98. The summed E-state index contributed by atoms with van der Waals surface area (Å²) in [7, 11) is -2.10.